The number of rotatable bonds is 16. The Bertz CT molecular complexity index is 3040. The smallest absolute Gasteiger partial charge is 0.417 e. The molecule has 14 nitrogen and oxygen atoms in total. The van der Waals surface area contributed by atoms with E-state index in [0.717, 1.165) is 96.2 Å². The SMILES string of the molecule is Cc1ncsc1-c1ccc(CNC(=O)[C@@H]2C[C@@H](O)CN2C(=O)[C@H](C(C)C)N2Cc3ccc(N4CCN(CCCc5ccc(C(=O)O[C@H]6C(C)(C)[C@H](Oc7ccc(C#N)c(C(F)(F)F)c7)C6(C)C)cc5)CC4)cc3C2=O)cc1. The van der Waals surface area contributed by atoms with E-state index in [0.29, 0.717) is 11.1 Å². The van der Waals surface area contributed by atoms with Crippen molar-refractivity contribution in [1.82, 2.24) is 25.0 Å². The molecule has 2 saturated heterocycles. The number of amides is 3. The number of aromatic nitrogens is 1. The minimum atomic E-state index is -4.72. The lowest BCUT2D eigenvalue weighted by molar-refractivity contribution is -0.236. The van der Waals surface area contributed by atoms with E-state index < -0.39 is 64.5 Å². The van der Waals surface area contributed by atoms with Crippen LogP contribution in [-0.2, 0) is 40.0 Å². The van der Waals surface area contributed by atoms with Crippen LogP contribution < -0.4 is 15.0 Å². The number of anilines is 1. The number of aryl methyl sites for hydroxylation is 2. The lowest BCUT2D eigenvalue weighted by Crippen LogP contribution is -2.70. The van der Waals surface area contributed by atoms with Crippen LogP contribution in [0.4, 0.5) is 18.9 Å². The number of benzene rings is 4. The molecule has 9 rings (SSSR count). The highest BCUT2D eigenvalue weighted by atomic mass is 32.1. The summed E-state index contributed by atoms with van der Waals surface area (Å²) in [5, 5.41) is 22.9. The van der Waals surface area contributed by atoms with Gasteiger partial charge in [-0.15, -0.1) is 11.3 Å². The molecule has 5 aromatic rings. The van der Waals surface area contributed by atoms with Crippen molar-refractivity contribution >= 4 is 40.7 Å². The molecule has 3 atom stereocenters. The van der Waals surface area contributed by atoms with Crippen molar-refractivity contribution in [3.8, 4) is 22.3 Å². The maximum atomic E-state index is 14.5. The zero-order valence-electron chi connectivity index (χ0n) is 44.5. The standard InChI is InChI=1S/C59H66F3N7O7S/c1-35(2)49(53(73)68-33-44(70)28-48(68)51(71)64-31-38-12-14-39(15-13-38)50-36(3)65-34-77-50)69-32-42-18-20-43(27-46(42)52(69)72)67-25-23-66(24-26-67)22-8-9-37-10-16-40(17-11-37)54(74)76-56-57(4,5)55(58(56,6)7)75-45-21-19-41(30-63)47(29-45)59(60,61)62/h10-21,27,29,34-35,44,48-49,55-56,70H,8-9,22-26,28,31-33H2,1-7H3,(H,64,71)/t44-,48+,49+,55-,56-/m1/s1. The minimum Gasteiger partial charge on any atom is -0.489 e. The van der Waals surface area contributed by atoms with Gasteiger partial charge in [-0.05, 0) is 96.9 Å². The number of nitrogens with zero attached hydrogens (tertiary/aromatic N) is 6. The fourth-order valence-electron chi connectivity index (χ4n) is 12.1. The number of hydrogen-bond donors (Lipinski definition) is 2. The number of nitriles is 1. The Hall–Kier alpha value is -6.81. The third kappa shape index (κ3) is 11.3. The number of aliphatic hydroxyl groups excluding tert-OH is 1. The summed E-state index contributed by atoms with van der Waals surface area (Å²) in [5.41, 5.74) is 5.55. The van der Waals surface area contributed by atoms with Crippen molar-refractivity contribution in [3.63, 3.8) is 0 Å². The highest BCUT2D eigenvalue weighted by Crippen LogP contribution is 2.57. The number of likely N-dealkylation sites (tertiary alicyclic amines) is 1. The maximum Gasteiger partial charge on any atom is 0.417 e. The third-order valence-corrected chi connectivity index (χ3v) is 16.9. The number of β-amino-alcohol motifs (C(OH)–C–C–N with tert-alkyl or cyclic N) is 1. The van der Waals surface area contributed by atoms with Crippen LogP contribution in [0.25, 0.3) is 10.4 Å². The predicted octanol–water partition coefficient (Wildman–Crippen LogP) is 9.06. The zero-order chi connectivity index (χ0) is 55.1. The molecular formula is C59H66F3N7O7S. The van der Waals surface area contributed by atoms with E-state index in [1.807, 2.05) is 109 Å². The fourth-order valence-corrected chi connectivity index (χ4v) is 12.9. The molecule has 1 aromatic heterocycles. The molecule has 1 aliphatic carbocycles. The summed E-state index contributed by atoms with van der Waals surface area (Å²) in [7, 11) is 0. The molecule has 0 bridgehead atoms. The molecule has 0 radical (unpaired) electrons. The number of piperazine rings is 1. The van der Waals surface area contributed by atoms with Gasteiger partial charge in [-0.25, -0.2) is 9.78 Å². The van der Waals surface area contributed by atoms with Crippen molar-refractivity contribution in [3.05, 3.63) is 135 Å². The van der Waals surface area contributed by atoms with E-state index >= 15 is 0 Å². The first-order valence-electron chi connectivity index (χ1n) is 26.3. The average molecular weight is 1070 g/mol. The Morgan fingerprint density at radius 1 is 0.922 bits per heavy atom. The van der Waals surface area contributed by atoms with Gasteiger partial charge in [0.2, 0.25) is 11.8 Å². The third-order valence-electron chi connectivity index (χ3n) is 15.9. The number of ether oxygens (including phenoxy) is 2. The summed E-state index contributed by atoms with van der Waals surface area (Å²) < 4.78 is 53.1. The molecule has 3 fully saturated rings. The van der Waals surface area contributed by atoms with E-state index in [1.165, 1.54) is 11.0 Å². The Kier molecular flexibility index (Phi) is 15.6. The Morgan fingerprint density at radius 3 is 2.25 bits per heavy atom. The van der Waals surface area contributed by atoms with E-state index in [1.54, 1.807) is 34.4 Å². The number of nitrogens with one attached hydrogen (secondary N) is 1. The first-order chi connectivity index (χ1) is 36.5. The Labute approximate surface area is 451 Å². The van der Waals surface area contributed by atoms with Gasteiger partial charge in [0.1, 0.15) is 30.0 Å². The van der Waals surface area contributed by atoms with Gasteiger partial charge < -0.3 is 34.6 Å². The van der Waals surface area contributed by atoms with Crippen LogP contribution in [0.2, 0.25) is 0 Å². The number of hydrogen-bond acceptors (Lipinski definition) is 12. The molecule has 2 N–H and O–H groups in total. The second-order valence-corrected chi connectivity index (χ2v) is 23.3. The second-order valence-electron chi connectivity index (χ2n) is 22.4. The number of fused-ring (bicyclic) bond motifs is 1. The molecular weight excluding hydrogens is 1010 g/mol. The average Bonchev–Trinajstić information content (AvgIpc) is 4.19. The van der Waals surface area contributed by atoms with E-state index in [-0.39, 0.29) is 55.4 Å². The van der Waals surface area contributed by atoms with Crippen molar-refractivity contribution in [2.24, 2.45) is 16.7 Å². The number of aliphatic hydroxyl groups is 1. The first kappa shape index (κ1) is 55.0. The van der Waals surface area contributed by atoms with Crippen LogP contribution in [-0.4, -0.2) is 118 Å². The lowest BCUT2D eigenvalue weighted by atomic mass is 9.51. The number of carbonyl (C=O) groups is 4. The van der Waals surface area contributed by atoms with Gasteiger partial charge in [0.25, 0.3) is 5.91 Å². The summed E-state index contributed by atoms with van der Waals surface area (Å²) in [5.74, 6) is -1.69. The molecule has 4 aliphatic rings. The van der Waals surface area contributed by atoms with Crippen LogP contribution in [0, 0.1) is 35.0 Å². The summed E-state index contributed by atoms with van der Waals surface area (Å²) in [4.78, 5) is 69.0. The summed E-state index contributed by atoms with van der Waals surface area (Å²) >= 11 is 1.57. The first-order valence-corrected chi connectivity index (χ1v) is 27.2. The molecule has 0 unspecified atom stereocenters. The Balaban J connectivity index is 0.730. The molecule has 4 aromatic carbocycles. The topological polar surface area (TPSA) is 169 Å². The highest BCUT2D eigenvalue weighted by molar-refractivity contribution is 7.13. The number of esters is 1. The molecule has 3 amide bonds. The van der Waals surface area contributed by atoms with Crippen molar-refractivity contribution in [1.29, 1.82) is 5.26 Å². The van der Waals surface area contributed by atoms with Crippen LogP contribution in [0.15, 0.2) is 90.4 Å². The van der Waals surface area contributed by atoms with Gasteiger partial charge in [0, 0.05) is 74.3 Å². The van der Waals surface area contributed by atoms with Crippen LogP contribution >= 0.6 is 11.3 Å². The fraction of sp³-hybridized carbons (Fsp3) is 0.458. The van der Waals surface area contributed by atoms with Gasteiger partial charge in [-0.1, -0.05) is 84.0 Å². The monoisotopic (exact) mass is 1070 g/mol. The molecule has 3 aliphatic heterocycles. The number of alkyl halides is 3. The Morgan fingerprint density at radius 2 is 1.61 bits per heavy atom. The normalized spacial score (nSPS) is 21.3. The predicted molar refractivity (Wildman–Crippen MR) is 286 cm³/mol. The molecule has 18 heteroatoms. The van der Waals surface area contributed by atoms with Crippen LogP contribution in [0.3, 0.4) is 0 Å². The molecule has 0 spiro atoms. The number of thiazole rings is 1. The zero-order valence-corrected chi connectivity index (χ0v) is 45.3. The molecule has 4 heterocycles. The second kappa shape index (κ2) is 21.9. The maximum absolute atomic E-state index is 14.5. The van der Waals surface area contributed by atoms with Gasteiger partial charge in [-0.2, -0.15) is 18.4 Å². The van der Waals surface area contributed by atoms with Crippen molar-refractivity contribution in [2.75, 3.05) is 44.2 Å². The van der Waals surface area contributed by atoms with Crippen LogP contribution in [0.5, 0.6) is 5.75 Å². The molecule has 1 saturated carbocycles. The van der Waals surface area contributed by atoms with E-state index in [2.05, 4.69) is 20.1 Å². The van der Waals surface area contributed by atoms with Crippen LogP contribution in [0.1, 0.15) is 109 Å². The minimum absolute atomic E-state index is 0.00827. The number of carbonyl (C=O) groups excluding carboxylic acids is 4. The molecule has 406 valence electrons. The van der Waals surface area contributed by atoms with Gasteiger partial charge in [0.05, 0.1) is 44.9 Å². The molecule has 77 heavy (non-hydrogen) atoms. The number of halogens is 3. The van der Waals surface area contributed by atoms with E-state index in [9.17, 15) is 42.7 Å². The van der Waals surface area contributed by atoms with Gasteiger partial charge >= 0.3 is 12.1 Å². The van der Waals surface area contributed by atoms with Gasteiger partial charge in [0.15, 0.2) is 0 Å². The van der Waals surface area contributed by atoms with E-state index in [4.69, 9.17) is 9.47 Å². The summed E-state index contributed by atoms with van der Waals surface area (Å²) in [6, 6.07) is 24.4. The highest BCUT2D eigenvalue weighted by Gasteiger charge is 2.66. The summed E-state index contributed by atoms with van der Waals surface area (Å²) in [6.45, 7) is 17.8. The lowest BCUT2D eigenvalue weighted by Gasteiger charge is -2.61. The quantitative estimate of drug-likeness (QED) is 0.0905. The van der Waals surface area contributed by atoms with Crippen molar-refractivity contribution in [2.45, 2.75) is 117 Å². The van der Waals surface area contributed by atoms with Crippen molar-refractivity contribution < 1.29 is 46.9 Å². The largest absolute Gasteiger partial charge is 0.489 e. The van der Waals surface area contributed by atoms with Gasteiger partial charge in [-0.3, -0.25) is 19.3 Å². The summed E-state index contributed by atoms with van der Waals surface area (Å²) in [6.07, 6.45) is -4.92.